The third kappa shape index (κ3) is 3.91. The zero-order chi connectivity index (χ0) is 21.8. The Labute approximate surface area is 193 Å². The standard InChI is InChI=1S/C29H24N2S/c1-23-21-22-32-29(23)31(26-17-9-4-10-18-26)28-20-12-11-19-27(28)30(24-13-5-2-6-14-24)25-15-7-3-8-16-25/h2-22H,1H3. The van der Waals surface area contributed by atoms with Crippen molar-refractivity contribution < 1.29 is 0 Å². The molecule has 32 heavy (non-hydrogen) atoms. The maximum Gasteiger partial charge on any atom is 0.103 e. The molecule has 0 radical (unpaired) electrons. The molecule has 0 N–H and O–H groups in total. The Morgan fingerprint density at radius 2 is 0.875 bits per heavy atom. The molecule has 4 aromatic carbocycles. The van der Waals surface area contributed by atoms with Gasteiger partial charge in [-0.25, -0.2) is 0 Å². The first-order chi connectivity index (χ1) is 15.8. The summed E-state index contributed by atoms with van der Waals surface area (Å²) in [6, 6.07) is 42.5. The second-order valence-corrected chi connectivity index (χ2v) is 8.47. The zero-order valence-corrected chi connectivity index (χ0v) is 18.7. The summed E-state index contributed by atoms with van der Waals surface area (Å²) >= 11 is 1.77. The Kier molecular flexibility index (Phi) is 5.73. The molecule has 3 heteroatoms. The van der Waals surface area contributed by atoms with Crippen LogP contribution in [0.25, 0.3) is 0 Å². The highest BCUT2D eigenvalue weighted by atomic mass is 32.1. The van der Waals surface area contributed by atoms with E-state index in [0.717, 1.165) is 28.4 Å². The molecule has 2 nitrogen and oxygen atoms in total. The van der Waals surface area contributed by atoms with Gasteiger partial charge in [0.05, 0.1) is 11.4 Å². The van der Waals surface area contributed by atoms with Gasteiger partial charge >= 0.3 is 0 Å². The van der Waals surface area contributed by atoms with Gasteiger partial charge in [0.2, 0.25) is 0 Å². The van der Waals surface area contributed by atoms with Gasteiger partial charge in [-0.05, 0) is 72.5 Å². The molecule has 0 aliphatic carbocycles. The van der Waals surface area contributed by atoms with Gasteiger partial charge in [-0.1, -0.05) is 66.7 Å². The van der Waals surface area contributed by atoms with Crippen molar-refractivity contribution in [3.63, 3.8) is 0 Å². The molecule has 156 valence electrons. The van der Waals surface area contributed by atoms with E-state index in [1.807, 2.05) is 0 Å². The summed E-state index contributed by atoms with van der Waals surface area (Å²) < 4.78 is 0. The van der Waals surface area contributed by atoms with Crippen LogP contribution in [0.5, 0.6) is 0 Å². The average Bonchev–Trinajstić information content (AvgIpc) is 3.28. The first-order valence-corrected chi connectivity index (χ1v) is 11.6. The fourth-order valence-corrected chi connectivity index (χ4v) is 4.92. The van der Waals surface area contributed by atoms with Crippen LogP contribution in [0.4, 0.5) is 33.4 Å². The predicted octanol–water partition coefficient (Wildman–Crippen LogP) is 9.00. The molecule has 0 atom stereocenters. The topological polar surface area (TPSA) is 6.48 Å². The fourth-order valence-electron chi connectivity index (χ4n) is 3.96. The molecule has 0 fully saturated rings. The molecule has 0 bridgehead atoms. The summed E-state index contributed by atoms with van der Waals surface area (Å²) in [5, 5.41) is 3.39. The summed E-state index contributed by atoms with van der Waals surface area (Å²) in [7, 11) is 0. The fraction of sp³-hybridized carbons (Fsp3) is 0.0345. The van der Waals surface area contributed by atoms with Crippen molar-refractivity contribution in [2.45, 2.75) is 6.92 Å². The van der Waals surface area contributed by atoms with Crippen LogP contribution in [0.15, 0.2) is 127 Å². The number of rotatable bonds is 6. The Balaban J connectivity index is 1.75. The molecule has 0 amide bonds. The lowest BCUT2D eigenvalue weighted by Gasteiger charge is -2.32. The molecule has 0 saturated heterocycles. The van der Waals surface area contributed by atoms with Gasteiger partial charge in [0, 0.05) is 17.1 Å². The van der Waals surface area contributed by atoms with Crippen LogP contribution in [-0.4, -0.2) is 0 Å². The van der Waals surface area contributed by atoms with Crippen molar-refractivity contribution in [1.82, 2.24) is 0 Å². The van der Waals surface area contributed by atoms with Crippen molar-refractivity contribution in [2.75, 3.05) is 9.80 Å². The molecule has 5 aromatic rings. The van der Waals surface area contributed by atoms with Crippen LogP contribution in [0, 0.1) is 6.92 Å². The number of nitrogens with zero attached hydrogens (tertiary/aromatic N) is 2. The highest BCUT2D eigenvalue weighted by Crippen LogP contribution is 2.47. The van der Waals surface area contributed by atoms with E-state index in [4.69, 9.17) is 0 Å². The van der Waals surface area contributed by atoms with Crippen molar-refractivity contribution in [1.29, 1.82) is 0 Å². The van der Waals surface area contributed by atoms with Crippen molar-refractivity contribution in [2.24, 2.45) is 0 Å². The number of hydrogen-bond donors (Lipinski definition) is 0. The van der Waals surface area contributed by atoms with Gasteiger partial charge < -0.3 is 4.90 Å². The highest BCUT2D eigenvalue weighted by Gasteiger charge is 2.22. The smallest absolute Gasteiger partial charge is 0.103 e. The van der Waals surface area contributed by atoms with Crippen LogP contribution in [0.3, 0.4) is 0 Å². The highest BCUT2D eigenvalue weighted by molar-refractivity contribution is 7.14. The van der Waals surface area contributed by atoms with E-state index in [9.17, 15) is 0 Å². The SMILES string of the molecule is Cc1ccsc1N(c1ccccc1)c1ccccc1N(c1ccccc1)c1ccccc1. The van der Waals surface area contributed by atoms with Gasteiger partial charge in [0.1, 0.15) is 5.00 Å². The van der Waals surface area contributed by atoms with Crippen LogP contribution in [0.2, 0.25) is 0 Å². The van der Waals surface area contributed by atoms with Gasteiger partial charge in [-0.2, -0.15) is 0 Å². The molecule has 0 unspecified atom stereocenters. The quantitative estimate of drug-likeness (QED) is 0.264. The minimum absolute atomic E-state index is 1.13. The lowest BCUT2D eigenvalue weighted by molar-refractivity contribution is 1.23. The molecular weight excluding hydrogens is 408 g/mol. The van der Waals surface area contributed by atoms with E-state index < -0.39 is 0 Å². The molecular formula is C29H24N2S. The van der Waals surface area contributed by atoms with Crippen molar-refractivity contribution in [3.05, 3.63) is 132 Å². The van der Waals surface area contributed by atoms with E-state index in [0.29, 0.717) is 0 Å². The lowest BCUT2D eigenvalue weighted by Crippen LogP contribution is -2.16. The van der Waals surface area contributed by atoms with Gasteiger partial charge in [0.25, 0.3) is 0 Å². The molecule has 5 rings (SSSR count). The van der Waals surface area contributed by atoms with Crippen LogP contribution >= 0.6 is 11.3 Å². The first-order valence-electron chi connectivity index (χ1n) is 10.7. The number of anilines is 6. The van der Waals surface area contributed by atoms with E-state index in [-0.39, 0.29) is 0 Å². The van der Waals surface area contributed by atoms with Crippen LogP contribution in [-0.2, 0) is 0 Å². The number of para-hydroxylation sites is 5. The summed E-state index contributed by atoms with van der Waals surface area (Å²) in [6.07, 6.45) is 0. The maximum absolute atomic E-state index is 2.37. The monoisotopic (exact) mass is 432 g/mol. The third-order valence-electron chi connectivity index (χ3n) is 5.44. The molecule has 1 aromatic heterocycles. The number of hydrogen-bond acceptors (Lipinski definition) is 3. The van der Waals surface area contributed by atoms with E-state index in [2.05, 4.69) is 143 Å². The summed E-state index contributed by atoms with van der Waals surface area (Å²) in [5.74, 6) is 0. The molecule has 0 saturated carbocycles. The summed E-state index contributed by atoms with van der Waals surface area (Å²) in [6.45, 7) is 2.18. The Bertz CT molecular complexity index is 1240. The van der Waals surface area contributed by atoms with Gasteiger partial charge in [0.15, 0.2) is 0 Å². The summed E-state index contributed by atoms with van der Waals surface area (Å²) in [5.41, 5.74) is 6.92. The number of thiophene rings is 1. The van der Waals surface area contributed by atoms with Crippen LogP contribution < -0.4 is 9.80 Å². The average molecular weight is 433 g/mol. The largest absolute Gasteiger partial charge is 0.308 e. The second kappa shape index (κ2) is 9.13. The van der Waals surface area contributed by atoms with Crippen molar-refractivity contribution in [3.8, 4) is 0 Å². The zero-order valence-electron chi connectivity index (χ0n) is 17.9. The van der Waals surface area contributed by atoms with Crippen LogP contribution in [0.1, 0.15) is 5.56 Å². The van der Waals surface area contributed by atoms with Gasteiger partial charge in [-0.3, -0.25) is 4.90 Å². The minimum atomic E-state index is 1.13. The van der Waals surface area contributed by atoms with Gasteiger partial charge in [-0.15, -0.1) is 11.3 Å². The van der Waals surface area contributed by atoms with E-state index in [1.165, 1.54) is 10.6 Å². The molecule has 0 spiro atoms. The lowest BCUT2D eigenvalue weighted by atomic mass is 10.1. The first kappa shape index (κ1) is 20.1. The number of benzene rings is 4. The minimum Gasteiger partial charge on any atom is -0.308 e. The third-order valence-corrected chi connectivity index (χ3v) is 6.44. The van der Waals surface area contributed by atoms with E-state index >= 15 is 0 Å². The van der Waals surface area contributed by atoms with E-state index in [1.54, 1.807) is 11.3 Å². The second-order valence-electron chi connectivity index (χ2n) is 7.57. The normalized spacial score (nSPS) is 10.7. The Hall–Kier alpha value is -3.82. The predicted molar refractivity (Wildman–Crippen MR) is 138 cm³/mol. The number of aryl methyl sites for hydroxylation is 1. The summed E-state index contributed by atoms with van der Waals surface area (Å²) in [4.78, 5) is 4.70. The Morgan fingerprint density at radius 3 is 1.31 bits per heavy atom. The molecule has 0 aliphatic heterocycles. The molecule has 1 heterocycles. The Morgan fingerprint density at radius 1 is 0.469 bits per heavy atom. The maximum atomic E-state index is 2.37. The van der Waals surface area contributed by atoms with Crippen molar-refractivity contribution >= 4 is 44.8 Å². The molecule has 0 aliphatic rings.